The summed E-state index contributed by atoms with van der Waals surface area (Å²) in [6.45, 7) is 7.50. The molecule has 0 bridgehead atoms. The Bertz CT molecular complexity index is 1060. The lowest BCUT2D eigenvalue weighted by Crippen LogP contribution is -2.42. The Balaban J connectivity index is 1.87. The van der Waals surface area contributed by atoms with Crippen molar-refractivity contribution < 1.29 is 9.90 Å². The molecule has 6 heteroatoms. The van der Waals surface area contributed by atoms with E-state index in [-0.39, 0.29) is 18.6 Å². The quantitative estimate of drug-likeness (QED) is 0.735. The van der Waals surface area contributed by atoms with Crippen molar-refractivity contribution >= 4 is 16.8 Å². The SMILES string of the molecule is Cc1cc(C)c2nc(-c3cnn(CCO)c3)cc(C(=O)N3CCCC[C@H]3C)c2c1. The number of aryl methyl sites for hydroxylation is 2. The highest BCUT2D eigenvalue weighted by atomic mass is 16.3. The molecular formula is C23H28N4O2. The number of hydrogen-bond acceptors (Lipinski definition) is 4. The fourth-order valence-corrected chi connectivity index (χ4v) is 4.28. The summed E-state index contributed by atoms with van der Waals surface area (Å²) in [6, 6.07) is 6.33. The molecule has 152 valence electrons. The van der Waals surface area contributed by atoms with Crippen LogP contribution in [-0.4, -0.2) is 49.9 Å². The van der Waals surface area contributed by atoms with Gasteiger partial charge in [-0.25, -0.2) is 4.98 Å². The zero-order valence-corrected chi connectivity index (χ0v) is 17.4. The van der Waals surface area contributed by atoms with E-state index in [2.05, 4.69) is 31.1 Å². The summed E-state index contributed by atoms with van der Waals surface area (Å²) in [5.41, 5.74) is 5.34. The van der Waals surface area contributed by atoms with Gasteiger partial charge in [-0.05, 0) is 57.7 Å². The molecule has 3 aromatic rings. The maximum absolute atomic E-state index is 13.6. The predicted molar refractivity (Wildman–Crippen MR) is 114 cm³/mol. The fourth-order valence-electron chi connectivity index (χ4n) is 4.28. The van der Waals surface area contributed by atoms with Gasteiger partial charge in [-0.15, -0.1) is 0 Å². The standard InChI is InChI=1S/C23H28N4O2/c1-15-10-16(2)22-19(11-15)20(23(29)27-7-5-4-6-17(27)3)12-21(25-22)18-13-24-26(14-18)8-9-28/h10-14,17,28H,4-9H2,1-3H3/t17-/m1/s1. The number of benzene rings is 1. The van der Waals surface area contributed by atoms with E-state index in [0.29, 0.717) is 12.1 Å². The molecule has 6 nitrogen and oxygen atoms in total. The van der Waals surface area contributed by atoms with Gasteiger partial charge in [0, 0.05) is 29.7 Å². The number of aromatic nitrogens is 3. The minimum absolute atomic E-state index is 0.0290. The molecule has 29 heavy (non-hydrogen) atoms. The number of fused-ring (bicyclic) bond motifs is 1. The fraction of sp³-hybridized carbons (Fsp3) is 0.435. The normalized spacial score (nSPS) is 17.1. The van der Waals surface area contributed by atoms with E-state index in [1.54, 1.807) is 10.9 Å². The van der Waals surface area contributed by atoms with E-state index in [1.165, 1.54) is 6.42 Å². The number of carbonyl (C=O) groups excluding carboxylic acids is 1. The van der Waals surface area contributed by atoms with Crippen molar-refractivity contribution in [2.24, 2.45) is 0 Å². The summed E-state index contributed by atoms with van der Waals surface area (Å²) in [7, 11) is 0. The molecule has 1 aliphatic rings. The molecule has 1 atom stereocenters. The lowest BCUT2D eigenvalue weighted by Gasteiger charge is -2.33. The molecule has 1 N–H and O–H groups in total. The first-order chi connectivity index (χ1) is 14.0. The lowest BCUT2D eigenvalue weighted by molar-refractivity contribution is 0.0637. The number of nitrogens with zero attached hydrogens (tertiary/aromatic N) is 4. The van der Waals surface area contributed by atoms with Crippen molar-refractivity contribution in [3.05, 3.63) is 47.3 Å². The number of piperidine rings is 1. The summed E-state index contributed by atoms with van der Waals surface area (Å²) in [5, 5.41) is 14.4. The highest BCUT2D eigenvalue weighted by Crippen LogP contribution is 2.30. The van der Waals surface area contributed by atoms with Crippen LogP contribution in [0.2, 0.25) is 0 Å². The molecule has 1 aliphatic heterocycles. The van der Waals surface area contributed by atoms with Crippen LogP contribution in [0.15, 0.2) is 30.6 Å². The summed E-state index contributed by atoms with van der Waals surface area (Å²) in [6.07, 6.45) is 6.89. The number of pyridine rings is 1. The molecule has 0 saturated carbocycles. The number of aliphatic hydroxyl groups excluding tert-OH is 1. The van der Waals surface area contributed by atoms with Crippen LogP contribution in [0.1, 0.15) is 47.7 Å². The third-order valence-electron chi connectivity index (χ3n) is 5.80. The molecule has 0 spiro atoms. The van der Waals surface area contributed by atoms with Gasteiger partial charge in [0.25, 0.3) is 5.91 Å². The van der Waals surface area contributed by atoms with Crippen LogP contribution in [0.5, 0.6) is 0 Å². The van der Waals surface area contributed by atoms with Gasteiger partial charge in [-0.1, -0.05) is 11.6 Å². The van der Waals surface area contributed by atoms with Crippen LogP contribution >= 0.6 is 0 Å². The Morgan fingerprint density at radius 2 is 2.07 bits per heavy atom. The third-order valence-corrected chi connectivity index (χ3v) is 5.80. The maximum atomic E-state index is 13.6. The third kappa shape index (κ3) is 3.77. The Hall–Kier alpha value is -2.73. The average Bonchev–Trinajstić information content (AvgIpc) is 3.16. The second-order valence-electron chi connectivity index (χ2n) is 8.09. The summed E-state index contributed by atoms with van der Waals surface area (Å²) in [4.78, 5) is 20.5. The van der Waals surface area contributed by atoms with Crippen LogP contribution in [0, 0.1) is 13.8 Å². The molecular weight excluding hydrogens is 364 g/mol. The zero-order chi connectivity index (χ0) is 20.5. The van der Waals surface area contributed by atoms with Crippen molar-refractivity contribution in [2.75, 3.05) is 13.2 Å². The summed E-state index contributed by atoms with van der Waals surface area (Å²) in [5.74, 6) is 0.0820. The first-order valence-electron chi connectivity index (χ1n) is 10.3. The first kappa shape index (κ1) is 19.6. The van der Waals surface area contributed by atoms with Crippen molar-refractivity contribution in [2.45, 2.75) is 52.6 Å². The highest BCUT2D eigenvalue weighted by molar-refractivity contribution is 6.08. The van der Waals surface area contributed by atoms with Crippen molar-refractivity contribution in [1.29, 1.82) is 0 Å². The molecule has 0 unspecified atom stereocenters. The molecule has 0 radical (unpaired) electrons. The topological polar surface area (TPSA) is 71.2 Å². The van der Waals surface area contributed by atoms with Crippen molar-refractivity contribution in [3.63, 3.8) is 0 Å². The summed E-state index contributed by atoms with van der Waals surface area (Å²) >= 11 is 0. The Labute approximate surface area is 171 Å². The van der Waals surface area contributed by atoms with Gasteiger partial charge in [0.2, 0.25) is 0 Å². The van der Waals surface area contributed by atoms with Crippen LogP contribution in [0.3, 0.4) is 0 Å². The predicted octanol–water partition coefficient (Wildman–Crippen LogP) is 3.72. The van der Waals surface area contributed by atoms with Gasteiger partial charge in [-0.3, -0.25) is 9.48 Å². The molecule has 1 amide bonds. The van der Waals surface area contributed by atoms with Gasteiger partial charge in [0.15, 0.2) is 0 Å². The second-order valence-corrected chi connectivity index (χ2v) is 8.09. The van der Waals surface area contributed by atoms with Gasteiger partial charge in [0.05, 0.1) is 36.1 Å². The van der Waals surface area contributed by atoms with E-state index in [1.807, 2.05) is 24.1 Å². The lowest BCUT2D eigenvalue weighted by atomic mass is 9.97. The molecule has 0 aliphatic carbocycles. The zero-order valence-electron chi connectivity index (χ0n) is 17.4. The van der Waals surface area contributed by atoms with E-state index >= 15 is 0 Å². The van der Waals surface area contributed by atoms with Gasteiger partial charge < -0.3 is 10.0 Å². The second kappa shape index (κ2) is 7.95. The van der Waals surface area contributed by atoms with Crippen LogP contribution in [-0.2, 0) is 6.54 Å². The van der Waals surface area contributed by atoms with Crippen LogP contribution in [0.25, 0.3) is 22.2 Å². The molecule has 2 aromatic heterocycles. The minimum Gasteiger partial charge on any atom is -0.394 e. The van der Waals surface area contributed by atoms with E-state index in [9.17, 15) is 4.79 Å². The summed E-state index contributed by atoms with van der Waals surface area (Å²) < 4.78 is 1.69. The number of aliphatic hydroxyl groups is 1. The monoisotopic (exact) mass is 392 g/mol. The molecule has 1 aromatic carbocycles. The van der Waals surface area contributed by atoms with Gasteiger partial charge in [-0.2, -0.15) is 5.10 Å². The molecule has 1 fully saturated rings. The highest BCUT2D eigenvalue weighted by Gasteiger charge is 2.26. The van der Waals surface area contributed by atoms with Crippen molar-refractivity contribution in [3.8, 4) is 11.3 Å². The average molecular weight is 393 g/mol. The molecule has 4 rings (SSSR count). The minimum atomic E-state index is 0.0290. The van der Waals surface area contributed by atoms with E-state index in [0.717, 1.165) is 52.7 Å². The Kier molecular flexibility index (Phi) is 5.37. The molecule has 1 saturated heterocycles. The first-order valence-corrected chi connectivity index (χ1v) is 10.3. The van der Waals surface area contributed by atoms with E-state index in [4.69, 9.17) is 10.1 Å². The number of carbonyl (C=O) groups is 1. The number of likely N-dealkylation sites (tertiary alicyclic amines) is 1. The number of hydrogen-bond donors (Lipinski definition) is 1. The van der Waals surface area contributed by atoms with Crippen molar-refractivity contribution in [1.82, 2.24) is 19.7 Å². The largest absolute Gasteiger partial charge is 0.394 e. The Morgan fingerprint density at radius 1 is 1.24 bits per heavy atom. The van der Waals surface area contributed by atoms with Gasteiger partial charge >= 0.3 is 0 Å². The number of amides is 1. The Morgan fingerprint density at radius 3 is 2.83 bits per heavy atom. The van der Waals surface area contributed by atoms with E-state index < -0.39 is 0 Å². The van der Waals surface area contributed by atoms with Gasteiger partial charge in [0.1, 0.15) is 0 Å². The molecule has 3 heterocycles. The smallest absolute Gasteiger partial charge is 0.254 e. The number of rotatable bonds is 4. The van der Waals surface area contributed by atoms with Crippen LogP contribution in [0.4, 0.5) is 0 Å². The van der Waals surface area contributed by atoms with Crippen LogP contribution < -0.4 is 0 Å². The maximum Gasteiger partial charge on any atom is 0.254 e.